The fourth-order valence-electron chi connectivity index (χ4n) is 3.43. The summed E-state index contributed by atoms with van der Waals surface area (Å²) in [6.45, 7) is 2.51. The fourth-order valence-corrected chi connectivity index (χ4v) is 3.43. The van der Waals surface area contributed by atoms with Crippen molar-refractivity contribution in [3.05, 3.63) is 71.8 Å². The number of aliphatic imine (C=N–C) groups is 1. The van der Waals surface area contributed by atoms with E-state index in [9.17, 15) is 4.39 Å². The molecule has 3 aromatic rings. The van der Waals surface area contributed by atoms with Crippen LogP contribution in [-0.4, -0.2) is 42.0 Å². The number of ether oxygens (including phenoxy) is 2. The van der Waals surface area contributed by atoms with Crippen molar-refractivity contribution in [1.29, 1.82) is 0 Å². The first-order valence-corrected chi connectivity index (χ1v) is 10.8. The lowest BCUT2D eigenvalue weighted by Gasteiger charge is -2.14. The minimum absolute atomic E-state index is 0. The number of benzene rings is 2. The zero-order valence-electron chi connectivity index (χ0n) is 18.6. The van der Waals surface area contributed by atoms with Crippen LogP contribution in [0.5, 0.6) is 11.5 Å². The molecular formula is C24H29FIN5O2. The Balaban J connectivity index is 0.00000306. The zero-order valence-corrected chi connectivity index (χ0v) is 20.9. The fraction of sp³-hybridized carbons (Fsp3) is 0.333. The number of aryl methyl sites for hydroxylation is 1. The second-order valence-corrected chi connectivity index (χ2v) is 7.65. The van der Waals surface area contributed by atoms with E-state index < -0.39 is 0 Å². The lowest BCUT2D eigenvalue weighted by atomic mass is 10.1. The Morgan fingerprint density at radius 2 is 1.94 bits per heavy atom. The van der Waals surface area contributed by atoms with Gasteiger partial charge in [-0.3, -0.25) is 9.67 Å². The number of guanidine groups is 1. The molecule has 0 saturated carbocycles. The summed E-state index contributed by atoms with van der Waals surface area (Å²) in [5.41, 5.74) is 2.92. The highest BCUT2D eigenvalue weighted by atomic mass is 127. The van der Waals surface area contributed by atoms with E-state index >= 15 is 0 Å². The first kappa shape index (κ1) is 24.8. The molecule has 2 N–H and O–H groups in total. The molecule has 9 heteroatoms. The Morgan fingerprint density at radius 1 is 1.09 bits per heavy atom. The number of hydrogen-bond acceptors (Lipinski definition) is 4. The number of rotatable bonds is 7. The molecule has 0 bridgehead atoms. The van der Waals surface area contributed by atoms with E-state index in [0.29, 0.717) is 38.7 Å². The number of anilines is 1. The van der Waals surface area contributed by atoms with Crippen molar-refractivity contribution < 1.29 is 13.9 Å². The van der Waals surface area contributed by atoms with Gasteiger partial charge in [0.05, 0.1) is 19.4 Å². The number of fused-ring (bicyclic) bond motifs is 1. The van der Waals surface area contributed by atoms with Gasteiger partial charge in [0.15, 0.2) is 17.5 Å². The number of halogens is 2. The quantitative estimate of drug-likeness (QED) is 0.256. The first-order chi connectivity index (χ1) is 15.7. The van der Waals surface area contributed by atoms with Crippen LogP contribution in [-0.2, 0) is 19.9 Å². The van der Waals surface area contributed by atoms with Crippen LogP contribution in [0.4, 0.5) is 10.1 Å². The summed E-state index contributed by atoms with van der Waals surface area (Å²) in [5, 5.41) is 10.9. The molecule has 0 amide bonds. The summed E-state index contributed by atoms with van der Waals surface area (Å²) < 4.78 is 26.7. The Kier molecular flexibility index (Phi) is 9.35. The normalized spacial score (nSPS) is 13.1. The summed E-state index contributed by atoms with van der Waals surface area (Å²) in [5.74, 6) is 1.90. The highest BCUT2D eigenvalue weighted by Gasteiger charge is 2.11. The molecule has 7 nitrogen and oxygen atoms in total. The van der Waals surface area contributed by atoms with Crippen molar-refractivity contribution in [3.8, 4) is 11.5 Å². The van der Waals surface area contributed by atoms with Crippen molar-refractivity contribution in [2.75, 3.05) is 31.6 Å². The van der Waals surface area contributed by atoms with Gasteiger partial charge in [-0.25, -0.2) is 4.39 Å². The molecule has 33 heavy (non-hydrogen) atoms. The number of aromatic nitrogens is 2. The third kappa shape index (κ3) is 7.62. The van der Waals surface area contributed by atoms with Gasteiger partial charge in [0.2, 0.25) is 0 Å². The standard InChI is InChI=1S/C24H28FN5O2.HI/c1-30-17-19(16-28-30)9-11-27-24(26-10-8-18-4-2-5-20(25)14-18)29-21-6-7-22-23(15-21)32-13-3-12-31-22;/h2,4-7,14-17H,3,8-13H2,1H3,(H2,26,27,29);1H. The molecule has 0 atom stereocenters. The second-order valence-electron chi connectivity index (χ2n) is 7.65. The van der Waals surface area contributed by atoms with E-state index in [1.54, 1.807) is 16.8 Å². The molecule has 2 heterocycles. The molecule has 0 unspecified atom stereocenters. The van der Waals surface area contributed by atoms with Crippen molar-refractivity contribution in [1.82, 2.24) is 15.1 Å². The van der Waals surface area contributed by atoms with Gasteiger partial charge in [0, 0.05) is 44.5 Å². The minimum Gasteiger partial charge on any atom is -0.490 e. The van der Waals surface area contributed by atoms with Crippen LogP contribution in [0.3, 0.4) is 0 Å². The maximum absolute atomic E-state index is 13.4. The Labute approximate surface area is 210 Å². The third-order valence-electron chi connectivity index (χ3n) is 5.03. The molecular weight excluding hydrogens is 536 g/mol. The van der Waals surface area contributed by atoms with Crippen LogP contribution in [0.1, 0.15) is 17.5 Å². The molecule has 0 spiro atoms. The SMILES string of the molecule is Cn1cc(CCNC(=NCCc2cccc(F)c2)Nc2ccc3c(c2)OCCCO3)cn1.I. The van der Waals surface area contributed by atoms with Gasteiger partial charge in [0.1, 0.15) is 5.82 Å². The monoisotopic (exact) mass is 565 g/mol. The van der Waals surface area contributed by atoms with Gasteiger partial charge in [-0.15, -0.1) is 24.0 Å². The van der Waals surface area contributed by atoms with Gasteiger partial charge in [-0.2, -0.15) is 5.10 Å². The summed E-state index contributed by atoms with van der Waals surface area (Å²) in [7, 11) is 1.90. The molecule has 0 radical (unpaired) electrons. The predicted octanol–water partition coefficient (Wildman–Crippen LogP) is 4.18. The average molecular weight is 565 g/mol. The van der Waals surface area contributed by atoms with Gasteiger partial charge < -0.3 is 20.1 Å². The smallest absolute Gasteiger partial charge is 0.195 e. The molecule has 0 aliphatic carbocycles. The predicted molar refractivity (Wildman–Crippen MR) is 138 cm³/mol. The Hall–Kier alpha value is -2.82. The molecule has 1 aromatic heterocycles. The molecule has 176 valence electrons. The van der Waals surface area contributed by atoms with E-state index in [4.69, 9.17) is 14.5 Å². The van der Waals surface area contributed by atoms with Crippen LogP contribution in [0.2, 0.25) is 0 Å². The molecule has 0 saturated heterocycles. The van der Waals surface area contributed by atoms with Crippen LogP contribution in [0.15, 0.2) is 59.9 Å². The highest BCUT2D eigenvalue weighted by molar-refractivity contribution is 14.0. The molecule has 2 aromatic carbocycles. The van der Waals surface area contributed by atoms with E-state index in [0.717, 1.165) is 41.2 Å². The Bertz CT molecular complexity index is 1070. The molecule has 0 fully saturated rings. The summed E-state index contributed by atoms with van der Waals surface area (Å²) >= 11 is 0. The van der Waals surface area contributed by atoms with Crippen LogP contribution < -0.4 is 20.1 Å². The van der Waals surface area contributed by atoms with E-state index in [1.165, 1.54) is 6.07 Å². The largest absolute Gasteiger partial charge is 0.490 e. The molecule has 1 aliphatic heterocycles. The molecule has 1 aliphatic rings. The third-order valence-corrected chi connectivity index (χ3v) is 5.03. The van der Waals surface area contributed by atoms with Gasteiger partial charge in [-0.05, 0) is 48.2 Å². The topological polar surface area (TPSA) is 72.7 Å². The van der Waals surface area contributed by atoms with Crippen LogP contribution >= 0.6 is 24.0 Å². The van der Waals surface area contributed by atoms with Gasteiger partial charge in [-0.1, -0.05) is 12.1 Å². The van der Waals surface area contributed by atoms with Gasteiger partial charge in [0.25, 0.3) is 0 Å². The van der Waals surface area contributed by atoms with Crippen molar-refractivity contribution >= 4 is 35.6 Å². The lowest BCUT2D eigenvalue weighted by molar-refractivity contribution is 0.297. The Morgan fingerprint density at radius 3 is 2.73 bits per heavy atom. The van der Waals surface area contributed by atoms with Crippen LogP contribution in [0.25, 0.3) is 0 Å². The van der Waals surface area contributed by atoms with E-state index in [1.807, 2.05) is 43.7 Å². The number of hydrogen-bond donors (Lipinski definition) is 2. The highest BCUT2D eigenvalue weighted by Crippen LogP contribution is 2.32. The van der Waals surface area contributed by atoms with Crippen LogP contribution in [0, 0.1) is 5.82 Å². The average Bonchev–Trinajstić information content (AvgIpc) is 3.05. The van der Waals surface area contributed by atoms with Gasteiger partial charge >= 0.3 is 0 Å². The summed E-state index contributed by atoms with van der Waals surface area (Å²) in [6.07, 6.45) is 6.19. The lowest BCUT2D eigenvalue weighted by Crippen LogP contribution is -2.32. The van der Waals surface area contributed by atoms with E-state index in [-0.39, 0.29) is 29.8 Å². The maximum Gasteiger partial charge on any atom is 0.195 e. The van der Waals surface area contributed by atoms with E-state index in [2.05, 4.69) is 15.7 Å². The number of nitrogens with zero attached hydrogens (tertiary/aromatic N) is 3. The van der Waals surface area contributed by atoms with Crippen molar-refractivity contribution in [3.63, 3.8) is 0 Å². The maximum atomic E-state index is 13.4. The summed E-state index contributed by atoms with van der Waals surface area (Å²) in [4.78, 5) is 4.69. The zero-order chi connectivity index (χ0) is 22.2. The van der Waals surface area contributed by atoms with Crippen molar-refractivity contribution in [2.24, 2.45) is 12.0 Å². The molecule has 4 rings (SSSR count). The first-order valence-electron chi connectivity index (χ1n) is 10.8. The summed E-state index contributed by atoms with van der Waals surface area (Å²) in [6, 6.07) is 12.4. The van der Waals surface area contributed by atoms with Crippen molar-refractivity contribution in [2.45, 2.75) is 19.3 Å². The number of nitrogens with one attached hydrogen (secondary N) is 2. The second kappa shape index (κ2) is 12.4. The minimum atomic E-state index is -0.230.